The Labute approximate surface area is 271 Å². The van der Waals surface area contributed by atoms with Gasteiger partial charge in [-0.1, -0.05) is 51.1 Å². The minimum absolute atomic E-state index is 0.00515. The van der Waals surface area contributed by atoms with Gasteiger partial charge in [0.05, 0.1) is 11.0 Å². The van der Waals surface area contributed by atoms with Gasteiger partial charge in [-0.25, -0.2) is 9.97 Å². The van der Waals surface area contributed by atoms with E-state index in [9.17, 15) is 0 Å². The number of pyridine rings is 1. The fraction of sp³-hybridized carbons (Fsp3) is 0.100. The lowest BCUT2D eigenvalue weighted by Crippen LogP contribution is -2.12. The molecule has 0 atom stereocenters. The Morgan fingerprint density at radius 2 is 1.34 bits per heavy atom. The van der Waals surface area contributed by atoms with E-state index in [2.05, 4.69) is 136 Å². The summed E-state index contributed by atoms with van der Waals surface area (Å²) in [6.45, 7) is 6.69. The zero-order chi connectivity index (χ0) is 31.7. The minimum atomic E-state index is 0.00515. The highest BCUT2D eigenvalue weighted by atomic mass is 16.5. The third-order valence-corrected chi connectivity index (χ3v) is 8.94. The maximum absolute atomic E-state index is 6.60. The number of rotatable bonds is 4. The Kier molecular flexibility index (Phi) is 5.93. The maximum atomic E-state index is 6.60. The highest BCUT2D eigenvalue weighted by molar-refractivity contribution is 6.09. The summed E-state index contributed by atoms with van der Waals surface area (Å²) < 4.78 is 15.3. The Morgan fingerprint density at radius 3 is 2.21 bits per heavy atom. The van der Waals surface area contributed by atoms with E-state index in [1.807, 2.05) is 42.7 Å². The molecule has 0 radical (unpaired) electrons. The number of benzene rings is 3. The number of aromatic nitrogens is 6. The summed E-state index contributed by atoms with van der Waals surface area (Å²) in [5.41, 5.74) is 7.25. The van der Waals surface area contributed by atoms with Crippen LogP contribution in [0, 0.1) is 0 Å². The minimum Gasteiger partial charge on any atom is -0.457 e. The molecule has 0 spiro atoms. The van der Waals surface area contributed by atoms with Crippen molar-refractivity contribution in [2.45, 2.75) is 26.2 Å². The number of hydrogen-bond donors (Lipinski definition) is 0. The molecule has 0 unspecified atom stereocenters. The molecule has 47 heavy (non-hydrogen) atoms. The Morgan fingerprint density at radius 1 is 0.596 bits per heavy atom. The molecule has 0 aliphatic carbocycles. The van der Waals surface area contributed by atoms with Gasteiger partial charge in [0.15, 0.2) is 0 Å². The molecular formula is C40H32N6O. The topological polar surface area (TPSA) is 53.2 Å². The molecule has 0 N–H and O–H groups in total. The van der Waals surface area contributed by atoms with E-state index < -0.39 is 0 Å². The van der Waals surface area contributed by atoms with Gasteiger partial charge in [-0.15, -0.1) is 0 Å². The molecule has 7 nitrogen and oxygen atoms in total. The van der Waals surface area contributed by atoms with Crippen LogP contribution in [0.2, 0.25) is 0 Å². The maximum Gasteiger partial charge on any atom is 0.148 e. The Bertz CT molecular complexity index is 2660. The molecule has 0 saturated carbocycles. The zero-order valence-electron chi connectivity index (χ0n) is 26.4. The fourth-order valence-electron chi connectivity index (χ4n) is 6.63. The van der Waals surface area contributed by atoms with E-state index in [4.69, 9.17) is 14.7 Å². The van der Waals surface area contributed by atoms with E-state index in [1.165, 1.54) is 10.9 Å². The molecule has 7 heteroatoms. The van der Waals surface area contributed by atoms with Crippen LogP contribution in [0.4, 0.5) is 0 Å². The average Bonchev–Trinajstić information content (AvgIpc) is 3.88. The number of fused-ring (bicyclic) bond motifs is 8. The predicted octanol–water partition coefficient (Wildman–Crippen LogP) is 9.65. The Balaban J connectivity index is 1.18. The zero-order valence-corrected chi connectivity index (χ0v) is 26.4. The van der Waals surface area contributed by atoms with E-state index in [0.29, 0.717) is 0 Å². The first-order chi connectivity index (χ1) is 22.9. The van der Waals surface area contributed by atoms with Crippen LogP contribution in [-0.4, -0.2) is 27.7 Å². The van der Waals surface area contributed by atoms with Crippen molar-refractivity contribution in [2.75, 3.05) is 0 Å². The summed E-state index contributed by atoms with van der Waals surface area (Å²) >= 11 is 0. The molecule has 0 aliphatic rings. The molecule has 0 fully saturated rings. The van der Waals surface area contributed by atoms with Gasteiger partial charge in [0.25, 0.3) is 0 Å². The SMILES string of the molecule is CC(C)(C)c1ccnc(-n2c3ccccc3c3ccc(Oc4cccc(-c5nc6cccn6c6cccn6c6cccn56)c4)cc32)c1. The van der Waals surface area contributed by atoms with Gasteiger partial charge in [-0.2, -0.15) is 0 Å². The van der Waals surface area contributed by atoms with Crippen molar-refractivity contribution in [1.29, 1.82) is 0 Å². The first-order valence-corrected chi connectivity index (χ1v) is 15.8. The smallest absolute Gasteiger partial charge is 0.148 e. The van der Waals surface area contributed by atoms with Crippen molar-refractivity contribution < 1.29 is 4.74 Å². The first kappa shape index (κ1) is 27.2. The van der Waals surface area contributed by atoms with Crippen molar-refractivity contribution >= 4 is 38.7 Å². The molecule has 0 bridgehead atoms. The van der Waals surface area contributed by atoms with Crippen LogP contribution in [0.1, 0.15) is 26.3 Å². The van der Waals surface area contributed by atoms with Crippen molar-refractivity contribution in [3.05, 3.63) is 146 Å². The lowest BCUT2D eigenvalue weighted by Gasteiger charge is -2.20. The third kappa shape index (κ3) is 4.42. The lowest BCUT2D eigenvalue weighted by molar-refractivity contribution is 0.483. The second-order valence-electron chi connectivity index (χ2n) is 13.0. The fourth-order valence-corrected chi connectivity index (χ4v) is 6.63. The second-order valence-corrected chi connectivity index (χ2v) is 13.0. The molecule has 0 amide bonds. The number of ether oxygens (including phenoxy) is 1. The van der Waals surface area contributed by atoms with Crippen LogP contribution < -0.4 is 4.74 Å². The standard InChI is InChI=1S/C40H32N6O/c1-40(2,3)28-19-20-41-36(25-28)46-33-13-5-4-12-31(33)32-18-17-30(26-34(32)46)47-29-11-6-10-27(24-29)39-42-35-14-7-21-43(35)37-15-8-22-44(37)38-16-9-23-45(38)39/h4-26H,1-3H3. The quantitative estimate of drug-likeness (QED) is 0.199. The van der Waals surface area contributed by atoms with Gasteiger partial charge in [0, 0.05) is 47.2 Å². The third-order valence-electron chi connectivity index (χ3n) is 8.94. The van der Waals surface area contributed by atoms with Gasteiger partial charge in [-0.05, 0) is 89.8 Å². The van der Waals surface area contributed by atoms with E-state index >= 15 is 0 Å². The van der Waals surface area contributed by atoms with Crippen LogP contribution >= 0.6 is 0 Å². The van der Waals surface area contributed by atoms with E-state index in [0.717, 1.165) is 62.1 Å². The highest BCUT2D eigenvalue weighted by Gasteiger charge is 2.18. The summed E-state index contributed by atoms with van der Waals surface area (Å²) in [4.78, 5) is 9.99. The summed E-state index contributed by atoms with van der Waals surface area (Å²) in [6.07, 6.45) is 8.09. The summed E-state index contributed by atoms with van der Waals surface area (Å²) in [6, 6.07) is 39.6. The van der Waals surface area contributed by atoms with Gasteiger partial charge in [0.1, 0.15) is 40.1 Å². The van der Waals surface area contributed by atoms with Crippen LogP contribution in [0.3, 0.4) is 0 Å². The summed E-state index contributed by atoms with van der Waals surface area (Å²) in [5.74, 6) is 3.18. The van der Waals surface area contributed by atoms with Crippen LogP contribution in [-0.2, 0) is 5.41 Å². The van der Waals surface area contributed by atoms with Crippen molar-refractivity contribution in [2.24, 2.45) is 0 Å². The van der Waals surface area contributed by atoms with Crippen LogP contribution in [0.15, 0.2) is 140 Å². The molecular weight excluding hydrogens is 580 g/mol. The molecule has 6 heterocycles. The number of nitrogens with zero attached hydrogens (tertiary/aromatic N) is 6. The molecule has 9 rings (SSSR count). The number of hydrogen-bond acceptors (Lipinski definition) is 3. The van der Waals surface area contributed by atoms with Crippen LogP contribution in [0.25, 0.3) is 56.0 Å². The molecule has 3 aromatic carbocycles. The highest BCUT2D eigenvalue weighted by Crippen LogP contribution is 2.36. The van der Waals surface area contributed by atoms with Gasteiger partial charge >= 0.3 is 0 Å². The predicted molar refractivity (Wildman–Crippen MR) is 189 cm³/mol. The number of para-hydroxylation sites is 1. The lowest BCUT2D eigenvalue weighted by atomic mass is 9.88. The molecule has 228 valence electrons. The summed E-state index contributed by atoms with van der Waals surface area (Å²) in [7, 11) is 0. The molecule has 9 aromatic rings. The first-order valence-electron chi connectivity index (χ1n) is 15.8. The monoisotopic (exact) mass is 612 g/mol. The van der Waals surface area contributed by atoms with Gasteiger partial charge < -0.3 is 4.74 Å². The Hall–Kier alpha value is -6.08. The van der Waals surface area contributed by atoms with Gasteiger partial charge in [-0.3, -0.25) is 17.8 Å². The second kappa shape index (κ2) is 10.2. The molecule has 0 aliphatic heterocycles. The van der Waals surface area contributed by atoms with E-state index in [-0.39, 0.29) is 5.41 Å². The molecule has 0 saturated heterocycles. The largest absolute Gasteiger partial charge is 0.457 e. The van der Waals surface area contributed by atoms with Crippen LogP contribution in [0.5, 0.6) is 11.5 Å². The van der Waals surface area contributed by atoms with Crippen molar-refractivity contribution in [3.63, 3.8) is 0 Å². The van der Waals surface area contributed by atoms with Crippen molar-refractivity contribution in [1.82, 2.24) is 27.7 Å². The van der Waals surface area contributed by atoms with E-state index in [1.54, 1.807) is 0 Å². The van der Waals surface area contributed by atoms with Gasteiger partial charge in [0.2, 0.25) is 0 Å². The average molecular weight is 613 g/mol. The summed E-state index contributed by atoms with van der Waals surface area (Å²) in [5, 5.41) is 2.33. The van der Waals surface area contributed by atoms with Crippen molar-refractivity contribution in [3.8, 4) is 28.7 Å². The normalized spacial score (nSPS) is 12.1. The molecule has 6 aromatic heterocycles.